The number of nitrogens with zero attached hydrogens (tertiary/aromatic N) is 6. The number of hydrogen-bond acceptors (Lipinski definition) is 4. The number of nitrogens with one attached hydrogen (secondary N) is 1. The molecular formula is C21H23N7O. The Balaban J connectivity index is 1.24. The molecule has 2 atom stereocenters. The third-order valence-corrected chi connectivity index (χ3v) is 5.80. The highest BCUT2D eigenvalue weighted by Crippen LogP contribution is 2.38. The summed E-state index contributed by atoms with van der Waals surface area (Å²) in [4.78, 5) is 23.4. The molecule has 2 unspecified atom stereocenters. The molecule has 2 bridgehead atoms. The van der Waals surface area contributed by atoms with Crippen LogP contribution in [0.1, 0.15) is 30.5 Å². The maximum atomic E-state index is 12.9. The van der Waals surface area contributed by atoms with Crippen LogP contribution >= 0.6 is 0 Å². The number of urea groups is 1. The van der Waals surface area contributed by atoms with Crippen LogP contribution in [0, 0.1) is 0 Å². The minimum Gasteiger partial charge on any atom is -0.334 e. The van der Waals surface area contributed by atoms with Crippen LogP contribution in [0.25, 0.3) is 11.4 Å². The fourth-order valence-corrected chi connectivity index (χ4v) is 4.36. The number of amides is 2. The first-order valence-corrected chi connectivity index (χ1v) is 9.87. The molecule has 8 nitrogen and oxygen atoms in total. The van der Waals surface area contributed by atoms with Gasteiger partial charge in [0.05, 0.1) is 11.7 Å². The van der Waals surface area contributed by atoms with E-state index in [1.165, 1.54) is 5.57 Å². The zero-order valence-electron chi connectivity index (χ0n) is 16.3. The third-order valence-electron chi connectivity index (χ3n) is 5.80. The standard InChI is InChI=1S/C21H23N7O/c1-26-19(6-7-25-26)16-10-17-3-4-18(11-16)28(17)21(29)24-13-15-2-5-20(23-12-15)27-9-8-22-14-27/h2,5-10,12,14,17-18H,3-4,11,13H2,1H3,(H,24,29). The van der Waals surface area contributed by atoms with Crippen molar-refractivity contribution < 1.29 is 4.79 Å². The van der Waals surface area contributed by atoms with Crippen molar-refractivity contribution in [2.45, 2.75) is 37.9 Å². The van der Waals surface area contributed by atoms with Gasteiger partial charge in [0, 0.05) is 44.4 Å². The first-order valence-electron chi connectivity index (χ1n) is 9.87. The predicted molar refractivity (Wildman–Crippen MR) is 108 cm³/mol. The predicted octanol–water partition coefficient (Wildman–Crippen LogP) is 2.53. The van der Waals surface area contributed by atoms with Crippen molar-refractivity contribution in [2.24, 2.45) is 7.05 Å². The van der Waals surface area contributed by atoms with Gasteiger partial charge in [0.1, 0.15) is 12.1 Å². The lowest BCUT2D eigenvalue weighted by Gasteiger charge is -2.34. The number of aryl methyl sites for hydroxylation is 1. The quantitative estimate of drug-likeness (QED) is 0.744. The first-order chi connectivity index (χ1) is 14.2. The van der Waals surface area contributed by atoms with Crippen molar-refractivity contribution in [3.8, 4) is 5.82 Å². The van der Waals surface area contributed by atoms with Crippen molar-refractivity contribution in [2.75, 3.05) is 0 Å². The molecule has 3 aromatic rings. The summed E-state index contributed by atoms with van der Waals surface area (Å²) in [6.45, 7) is 0.463. The number of hydrogen-bond donors (Lipinski definition) is 1. The number of fused-ring (bicyclic) bond motifs is 2. The van der Waals surface area contributed by atoms with Gasteiger partial charge in [0.15, 0.2) is 0 Å². The van der Waals surface area contributed by atoms with Crippen molar-refractivity contribution in [1.29, 1.82) is 0 Å². The largest absolute Gasteiger partial charge is 0.334 e. The molecule has 0 aliphatic carbocycles. The molecule has 0 radical (unpaired) electrons. The molecule has 5 heterocycles. The van der Waals surface area contributed by atoms with Gasteiger partial charge in [-0.3, -0.25) is 9.25 Å². The molecular weight excluding hydrogens is 366 g/mol. The second-order valence-electron chi connectivity index (χ2n) is 7.60. The summed E-state index contributed by atoms with van der Waals surface area (Å²) in [7, 11) is 1.96. The van der Waals surface area contributed by atoms with Crippen molar-refractivity contribution >= 4 is 11.6 Å². The van der Waals surface area contributed by atoms with E-state index in [-0.39, 0.29) is 18.1 Å². The molecule has 1 N–H and O–H groups in total. The van der Waals surface area contributed by atoms with E-state index in [0.717, 1.165) is 36.3 Å². The van der Waals surface area contributed by atoms with Gasteiger partial charge in [-0.25, -0.2) is 14.8 Å². The SMILES string of the molecule is Cn1nccc1C1=CC2CCC(C1)N2C(=O)NCc1ccc(-n2ccnc2)nc1. The van der Waals surface area contributed by atoms with Gasteiger partial charge in [-0.1, -0.05) is 12.1 Å². The van der Waals surface area contributed by atoms with E-state index >= 15 is 0 Å². The topological polar surface area (TPSA) is 80.9 Å². The number of carbonyl (C=O) groups is 1. The number of imidazole rings is 1. The highest BCUT2D eigenvalue weighted by molar-refractivity contribution is 5.78. The van der Waals surface area contributed by atoms with Crippen LogP contribution < -0.4 is 5.32 Å². The van der Waals surface area contributed by atoms with E-state index in [4.69, 9.17) is 0 Å². The van der Waals surface area contributed by atoms with Crippen LogP contribution in [0.15, 0.2) is 55.4 Å². The monoisotopic (exact) mass is 389 g/mol. The number of carbonyl (C=O) groups excluding carboxylic acids is 1. The molecule has 8 heteroatoms. The van der Waals surface area contributed by atoms with Gasteiger partial charge in [0.2, 0.25) is 0 Å². The lowest BCUT2D eigenvalue weighted by Crippen LogP contribution is -2.48. The van der Waals surface area contributed by atoms with Crippen LogP contribution in [-0.4, -0.2) is 47.3 Å². The molecule has 0 saturated carbocycles. The van der Waals surface area contributed by atoms with E-state index in [1.807, 2.05) is 51.8 Å². The van der Waals surface area contributed by atoms with Crippen LogP contribution in [-0.2, 0) is 13.6 Å². The molecule has 1 fully saturated rings. The highest BCUT2D eigenvalue weighted by Gasteiger charge is 2.40. The maximum Gasteiger partial charge on any atom is 0.318 e. The lowest BCUT2D eigenvalue weighted by atomic mass is 9.99. The van der Waals surface area contributed by atoms with Gasteiger partial charge in [-0.15, -0.1) is 0 Å². The molecule has 148 valence electrons. The Morgan fingerprint density at radius 3 is 2.86 bits per heavy atom. The van der Waals surface area contributed by atoms with Crippen molar-refractivity contribution in [3.63, 3.8) is 0 Å². The second kappa shape index (κ2) is 7.20. The zero-order valence-corrected chi connectivity index (χ0v) is 16.3. The van der Waals surface area contributed by atoms with E-state index < -0.39 is 0 Å². The zero-order chi connectivity index (χ0) is 19.8. The van der Waals surface area contributed by atoms with E-state index in [2.05, 4.69) is 26.5 Å². The molecule has 0 spiro atoms. The third kappa shape index (κ3) is 3.30. The van der Waals surface area contributed by atoms with Crippen LogP contribution in [0.4, 0.5) is 4.79 Å². The Bertz CT molecular complexity index is 1040. The maximum absolute atomic E-state index is 12.9. The Morgan fingerprint density at radius 1 is 1.24 bits per heavy atom. The van der Waals surface area contributed by atoms with Crippen LogP contribution in [0.3, 0.4) is 0 Å². The fraction of sp³-hybridized carbons (Fsp3) is 0.333. The number of aromatic nitrogens is 5. The highest BCUT2D eigenvalue weighted by atomic mass is 16.2. The van der Waals surface area contributed by atoms with Crippen molar-refractivity contribution in [3.05, 3.63) is 66.6 Å². The summed E-state index contributed by atoms with van der Waals surface area (Å²) in [5.41, 5.74) is 3.41. The Kier molecular flexibility index (Phi) is 4.38. The van der Waals surface area contributed by atoms with Crippen LogP contribution in [0.5, 0.6) is 0 Å². The lowest BCUT2D eigenvalue weighted by molar-refractivity contribution is 0.179. The Labute approximate surface area is 168 Å². The fourth-order valence-electron chi connectivity index (χ4n) is 4.36. The van der Waals surface area contributed by atoms with Gasteiger partial charge in [-0.05, 0) is 42.5 Å². The van der Waals surface area contributed by atoms with Gasteiger partial charge in [-0.2, -0.15) is 5.10 Å². The summed E-state index contributed by atoms with van der Waals surface area (Å²) in [5.74, 6) is 0.805. The molecule has 0 aromatic carbocycles. The molecule has 5 rings (SSSR count). The molecule has 2 amide bonds. The summed E-state index contributed by atoms with van der Waals surface area (Å²) in [5, 5.41) is 7.34. The van der Waals surface area contributed by atoms with Crippen LogP contribution in [0.2, 0.25) is 0 Å². The summed E-state index contributed by atoms with van der Waals surface area (Å²) in [6.07, 6.45) is 14.1. The van der Waals surface area contributed by atoms with Gasteiger partial charge in [0.25, 0.3) is 0 Å². The van der Waals surface area contributed by atoms with Gasteiger partial charge < -0.3 is 10.2 Å². The summed E-state index contributed by atoms with van der Waals surface area (Å²) >= 11 is 0. The average molecular weight is 389 g/mol. The molecule has 3 aromatic heterocycles. The molecule has 2 aliphatic heterocycles. The smallest absolute Gasteiger partial charge is 0.318 e. The number of rotatable bonds is 4. The normalized spacial score (nSPS) is 20.6. The van der Waals surface area contributed by atoms with Gasteiger partial charge >= 0.3 is 6.03 Å². The number of pyridine rings is 1. The summed E-state index contributed by atoms with van der Waals surface area (Å²) in [6, 6.07) is 6.35. The molecule has 2 aliphatic rings. The summed E-state index contributed by atoms with van der Waals surface area (Å²) < 4.78 is 3.75. The minimum absolute atomic E-state index is 0.00325. The molecule has 1 saturated heterocycles. The second-order valence-corrected chi connectivity index (χ2v) is 7.60. The van der Waals surface area contributed by atoms with E-state index in [9.17, 15) is 4.79 Å². The van der Waals surface area contributed by atoms with E-state index in [0.29, 0.717) is 6.54 Å². The Morgan fingerprint density at radius 2 is 2.17 bits per heavy atom. The van der Waals surface area contributed by atoms with Crippen molar-refractivity contribution in [1.82, 2.24) is 34.5 Å². The minimum atomic E-state index is -0.00325. The van der Waals surface area contributed by atoms with E-state index in [1.54, 1.807) is 18.7 Å². The Hall–Kier alpha value is -3.42. The average Bonchev–Trinajstić information content (AvgIpc) is 3.47. The first kappa shape index (κ1) is 17.7. The molecule has 29 heavy (non-hydrogen) atoms.